The number of carbonyl (C=O) groups is 2. The van der Waals surface area contributed by atoms with E-state index in [1.54, 1.807) is 13.1 Å². The molecule has 3 rings (SSSR count). The third kappa shape index (κ3) is 6.05. The number of likely N-dealkylation sites (N-methyl/N-ethyl adjacent to an activating group) is 1. The number of ether oxygens (including phenoxy) is 1. The van der Waals surface area contributed by atoms with Crippen LogP contribution in [0.25, 0.3) is 11.5 Å². The van der Waals surface area contributed by atoms with E-state index >= 15 is 0 Å². The number of carbonyl (C=O) groups excluding carboxylic acids is 2. The van der Waals surface area contributed by atoms with E-state index in [4.69, 9.17) is 20.8 Å². The fraction of sp³-hybridized carbons (Fsp3) is 0.238. The molecule has 0 saturated heterocycles. The molecule has 0 aliphatic rings. The minimum absolute atomic E-state index is 0.0276. The minimum atomic E-state index is -0.741. The van der Waals surface area contributed by atoms with Crippen molar-refractivity contribution in [1.29, 1.82) is 0 Å². The fourth-order valence-corrected chi connectivity index (χ4v) is 2.86. The van der Waals surface area contributed by atoms with Gasteiger partial charge in [-0.2, -0.15) is 0 Å². The first-order chi connectivity index (χ1) is 14.5. The van der Waals surface area contributed by atoms with E-state index in [-0.39, 0.29) is 31.0 Å². The minimum Gasteiger partial charge on any atom is -0.447 e. The normalized spacial score (nSPS) is 10.5. The molecule has 1 aromatic heterocycles. The molecule has 0 radical (unpaired) electrons. The lowest BCUT2D eigenvalue weighted by atomic mass is 10.1. The average molecular weight is 429 g/mol. The second-order valence-corrected chi connectivity index (χ2v) is 6.85. The van der Waals surface area contributed by atoms with Gasteiger partial charge in [-0.05, 0) is 30.2 Å². The van der Waals surface area contributed by atoms with Crippen LogP contribution in [0.4, 0.5) is 10.8 Å². The van der Waals surface area contributed by atoms with Gasteiger partial charge in [-0.3, -0.25) is 4.79 Å². The molecule has 0 aliphatic carbocycles. The Labute approximate surface area is 178 Å². The summed E-state index contributed by atoms with van der Waals surface area (Å²) in [6.07, 6.45) is 0.122. The molecule has 1 N–H and O–H groups in total. The van der Waals surface area contributed by atoms with Gasteiger partial charge in [0, 0.05) is 24.1 Å². The van der Waals surface area contributed by atoms with Gasteiger partial charge < -0.3 is 14.1 Å². The van der Waals surface area contributed by atoms with Crippen molar-refractivity contribution < 1.29 is 18.7 Å². The molecule has 30 heavy (non-hydrogen) atoms. The Hall–Kier alpha value is -3.39. The molecular weight excluding hydrogens is 408 g/mol. The predicted octanol–water partition coefficient (Wildman–Crippen LogP) is 4.03. The van der Waals surface area contributed by atoms with Gasteiger partial charge in [0.15, 0.2) is 0 Å². The molecule has 0 unspecified atom stereocenters. The standard InChI is InChI=1S/C21H21ClN4O4/c1-26(18(27)12-11-15-7-5-6-10-17(15)22)13-14-29-21(28)23-20-25-24-19(30-20)16-8-3-2-4-9-16/h2-10H,11-14H2,1H3,(H,23,25,28). The maximum Gasteiger partial charge on any atom is 0.415 e. The van der Waals surface area contributed by atoms with Crippen molar-refractivity contribution in [2.45, 2.75) is 12.8 Å². The monoisotopic (exact) mass is 428 g/mol. The van der Waals surface area contributed by atoms with E-state index in [1.165, 1.54) is 4.90 Å². The summed E-state index contributed by atoms with van der Waals surface area (Å²) in [7, 11) is 1.65. The number of rotatable bonds is 8. The van der Waals surface area contributed by atoms with E-state index in [9.17, 15) is 9.59 Å². The van der Waals surface area contributed by atoms with Crippen LogP contribution in [0.15, 0.2) is 59.0 Å². The number of nitrogens with zero attached hydrogens (tertiary/aromatic N) is 3. The highest BCUT2D eigenvalue weighted by molar-refractivity contribution is 6.31. The largest absolute Gasteiger partial charge is 0.447 e. The van der Waals surface area contributed by atoms with Gasteiger partial charge in [0.1, 0.15) is 6.61 Å². The number of anilines is 1. The van der Waals surface area contributed by atoms with Gasteiger partial charge in [0.2, 0.25) is 11.8 Å². The van der Waals surface area contributed by atoms with Crippen molar-refractivity contribution in [1.82, 2.24) is 15.1 Å². The zero-order chi connectivity index (χ0) is 21.3. The van der Waals surface area contributed by atoms with Crippen LogP contribution in [0.5, 0.6) is 0 Å². The first-order valence-electron chi connectivity index (χ1n) is 9.33. The van der Waals surface area contributed by atoms with E-state index in [2.05, 4.69) is 15.5 Å². The zero-order valence-electron chi connectivity index (χ0n) is 16.4. The third-order valence-electron chi connectivity index (χ3n) is 4.31. The number of halogens is 1. The van der Waals surface area contributed by atoms with Crippen LogP contribution in [0.1, 0.15) is 12.0 Å². The smallest absolute Gasteiger partial charge is 0.415 e. The lowest BCUT2D eigenvalue weighted by Crippen LogP contribution is -2.31. The highest BCUT2D eigenvalue weighted by Crippen LogP contribution is 2.19. The molecule has 156 valence electrons. The first-order valence-corrected chi connectivity index (χ1v) is 9.71. The Balaban J connectivity index is 1.38. The molecular formula is C21H21ClN4O4. The van der Waals surface area contributed by atoms with E-state index in [0.29, 0.717) is 17.9 Å². The topological polar surface area (TPSA) is 97.6 Å². The summed E-state index contributed by atoms with van der Waals surface area (Å²) >= 11 is 6.10. The Morgan fingerprint density at radius 1 is 1.10 bits per heavy atom. The van der Waals surface area contributed by atoms with Gasteiger partial charge in [-0.1, -0.05) is 53.1 Å². The summed E-state index contributed by atoms with van der Waals surface area (Å²) in [6, 6.07) is 16.5. The molecule has 2 aromatic carbocycles. The Kier molecular flexibility index (Phi) is 7.40. The molecule has 3 aromatic rings. The van der Waals surface area contributed by atoms with Crippen molar-refractivity contribution in [3.8, 4) is 11.5 Å². The third-order valence-corrected chi connectivity index (χ3v) is 4.68. The highest BCUT2D eigenvalue weighted by atomic mass is 35.5. The van der Waals surface area contributed by atoms with Gasteiger partial charge in [-0.25, -0.2) is 10.1 Å². The maximum absolute atomic E-state index is 12.2. The van der Waals surface area contributed by atoms with Crippen molar-refractivity contribution in [2.75, 3.05) is 25.5 Å². The second-order valence-electron chi connectivity index (χ2n) is 6.45. The van der Waals surface area contributed by atoms with Gasteiger partial charge in [0.25, 0.3) is 0 Å². The lowest BCUT2D eigenvalue weighted by Gasteiger charge is -2.17. The number of aryl methyl sites for hydroxylation is 1. The SMILES string of the molecule is CN(CCOC(=O)Nc1nnc(-c2ccccc2)o1)C(=O)CCc1ccccc1Cl. The molecule has 0 saturated carbocycles. The molecule has 2 amide bonds. The van der Waals surface area contributed by atoms with Crippen molar-refractivity contribution >= 4 is 29.6 Å². The van der Waals surface area contributed by atoms with Crippen LogP contribution in [0.3, 0.4) is 0 Å². The first kappa shape index (κ1) is 21.3. The van der Waals surface area contributed by atoms with E-state index < -0.39 is 6.09 Å². The quantitative estimate of drug-likeness (QED) is 0.581. The average Bonchev–Trinajstić information content (AvgIpc) is 3.22. The maximum atomic E-state index is 12.2. The number of hydrogen-bond acceptors (Lipinski definition) is 6. The number of benzene rings is 2. The summed E-state index contributed by atoms with van der Waals surface area (Å²) in [6.45, 7) is 0.285. The fourth-order valence-electron chi connectivity index (χ4n) is 2.63. The number of aromatic nitrogens is 2. The van der Waals surface area contributed by atoms with Gasteiger partial charge in [0.05, 0.1) is 6.54 Å². The number of nitrogens with one attached hydrogen (secondary N) is 1. The summed E-state index contributed by atoms with van der Waals surface area (Å²) in [5.41, 5.74) is 1.66. The zero-order valence-corrected chi connectivity index (χ0v) is 17.1. The Morgan fingerprint density at radius 3 is 2.60 bits per heavy atom. The van der Waals surface area contributed by atoms with E-state index in [1.807, 2.05) is 48.5 Å². The van der Waals surface area contributed by atoms with Gasteiger partial charge in [-0.15, -0.1) is 5.10 Å². The van der Waals surface area contributed by atoms with Crippen molar-refractivity contribution in [3.63, 3.8) is 0 Å². The summed E-state index contributed by atoms with van der Waals surface area (Å²) in [4.78, 5) is 25.6. The van der Waals surface area contributed by atoms with Crippen LogP contribution < -0.4 is 5.32 Å². The van der Waals surface area contributed by atoms with Crippen LogP contribution in [-0.2, 0) is 16.0 Å². The number of amides is 2. The summed E-state index contributed by atoms with van der Waals surface area (Å²) in [5.74, 6) is 0.220. The lowest BCUT2D eigenvalue weighted by molar-refractivity contribution is -0.130. The molecule has 0 fully saturated rings. The van der Waals surface area contributed by atoms with E-state index in [0.717, 1.165) is 11.1 Å². The van der Waals surface area contributed by atoms with Gasteiger partial charge >= 0.3 is 12.1 Å². The molecule has 8 nitrogen and oxygen atoms in total. The second kappa shape index (κ2) is 10.4. The van der Waals surface area contributed by atoms with Crippen molar-refractivity contribution in [2.24, 2.45) is 0 Å². The highest BCUT2D eigenvalue weighted by Gasteiger charge is 2.14. The Bertz CT molecular complexity index is 993. The van der Waals surface area contributed by atoms with Crippen molar-refractivity contribution in [3.05, 3.63) is 65.2 Å². The van der Waals surface area contributed by atoms with Crippen LogP contribution in [0, 0.1) is 0 Å². The molecule has 0 bridgehead atoms. The van der Waals surface area contributed by atoms with Crippen LogP contribution >= 0.6 is 11.6 Å². The molecule has 1 heterocycles. The molecule has 9 heteroatoms. The summed E-state index contributed by atoms with van der Waals surface area (Å²) in [5, 5.41) is 10.6. The van der Waals surface area contributed by atoms with Crippen LogP contribution in [-0.4, -0.2) is 47.3 Å². The molecule has 0 aliphatic heterocycles. The molecule has 0 spiro atoms. The number of hydrogen-bond donors (Lipinski definition) is 1. The molecule has 0 atom stereocenters. The Morgan fingerprint density at radius 2 is 1.83 bits per heavy atom. The van der Waals surface area contributed by atoms with Crippen LogP contribution in [0.2, 0.25) is 5.02 Å². The summed E-state index contributed by atoms with van der Waals surface area (Å²) < 4.78 is 10.5. The predicted molar refractivity (Wildman–Crippen MR) is 112 cm³/mol.